The van der Waals surface area contributed by atoms with Gasteiger partial charge in [0.15, 0.2) is 0 Å². The number of allylic oxidation sites excluding steroid dienone is 1. The van der Waals surface area contributed by atoms with Crippen LogP contribution in [0, 0.1) is 30.4 Å². The minimum absolute atomic E-state index is 0.0728. The Hall–Kier alpha value is -2.04. The standard InChI is InChI=1S/C37H52F2O2/c1-3-4-5-6-9-24-40-41-27-34-25-37(39)35(26-36(34)38)33-22-16-30(17-23-33)11-8-7-10-29-14-20-32(21-15-29)31-18-12-28(2)13-19-31/h3,12-13,18-19,25-26,29-30,32-33H,1,4-11,14-17,20-24,27H2,2H3. The highest BCUT2D eigenvalue weighted by molar-refractivity contribution is 5.29. The molecular formula is C37H52F2O2. The van der Waals surface area contributed by atoms with Crippen molar-refractivity contribution < 1.29 is 18.6 Å². The number of aryl methyl sites for hydroxylation is 1. The van der Waals surface area contributed by atoms with Crippen LogP contribution in [0.3, 0.4) is 0 Å². The van der Waals surface area contributed by atoms with Crippen LogP contribution in [0.1, 0.15) is 137 Å². The van der Waals surface area contributed by atoms with E-state index in [1.165, 1.54) is 74.6 Å². The van der Waals surface area contributed by atoms with Gasteiger partial charge in [0.05, 0.1) is 6.61 Å². The fraction of sp³-hybridized carbons (Fsp3) is 0.622. The molecule has 0 aromatic heterocycles. The van der Waals surface area contributed by atoms with E-state index in [1.807, 2.05) is 6.08 Å². The highest BCUT2D eigenvalue weighted by Gasteiger charge is 2.26. The van der Waals surface area contributed by atoms with Gasteiger partial charge < -0.3 is 0 Å². The van der Waals surface area contributed by atoms with Gasteiger partial charge in [-0.2, -0.15) is 0 Å². The van der Waals surface area contributed by atoms with Crippen molar-refractivity contribution in [1.29, 1.82) is 0 Å². The van der Waals surface area contributed by atoms with Gasteiger partial charge in [0, 0.05) is 5.56 Å². The number of unbranched alkanes of at least 4 members (excludes halogenated alkanes) is 4. The molecule has 2 aromatic carbocycles. The fourth-order valence-corrected chi connectivity index (χ4v) is 7.07. The Kier molecular flexibility index (Phi) is 13.4. The lowest BCUT2D eigenvalue weighted by Crippen LogP contribution is -2.15. The zero-order valence-corrected chi connectivity index (χ0v) is 25.4. The molecule has 0 unspecified atom stereocenters. The van der Waals surface area contributed by atoms with E-state index in [2.05, 4.69) is 37.8 Å². The molecule has 0 radical (unpaired) electrons. The van der Waals surface area contributed by atoms with Crippen molar-refractivity contribution in [3.05, 3.63) is 82.9 Å². The second-order valence-corrected chi connectivity index (χ2v) is 12.8. The molecule has 2 aliphatic carbocycles. The van der Waals surface area contributed by atoms with Gasteiger partial charge in [-0.15, -0.1) is 6.58 Å². The topological polar surface area (TPSA) is 18.5 Å². The lowest BCUT2D eigenvalue weighted by atomic mass is 9.75. The smallest absolute Gasteiger partial charge is 0.129 e. The maximum atomic E-state index is 15.0. The molecule has 41 heavy (non-hydrogen) atoms. The first-order valence-corrected chi connectivity index (χ1v) is 16.4. The van der Waals surface area contributed by atoms with E-state index in [0.717, 1.165) is 69.1 Å². The molecule has 2 aliphatic rings. The normalized spacial score (nSPS) is 23.0. The molecule has 0 spiro atoms. The number of rotatable bonds is 16. The highest BCUT2D eigenvalue weighted by atomic mass is 19.1. The van der Waals surface area contributed by atoms with E-state index in [4.69, 9.17) is 9.78 Å². The van der Waals surface area contributed by atoms with Crippen molar-refractivity contribution in [3.63, 3.8) is 0 Å². The summed E-state index contributed by atoms with van der Waals surface area (Å²) in [6.45, 7) is 6.26. The van der Waals surface area contributed by atoms with Crippen LogP contribution < -0.4 is 0 Å². The van der Waals surface area contributed by atoms with Crippen LogP contribution in [0.5, 0.6) is 0 Å². The molecule has 0 heterocycles. The SMILES string of the molecule is C=CCCCCCOOCc1cc(F)c(C2CCC(CCCCC3CCC(c4ccc(C)cc4)CC3)CC2)cc1F. The van der Waals surface area contributed by atoms with Crippen molar-refractivity contribution in [1.82, 2.24) is 0 Å². The van der Waals surface area contributed by atoms with Gasteiger partial charge in [-0.05, 0) is 124 Å². The Morgan fingerprint density at radius 1 is 0.732 bits per heavy atom. The molecule has 226 valence electrons. The molecule has 0 N–H and O–H groups in total. The summed E-state index contributed by atoms with van der Waals surface area (Å²) in [6.07, 6.45) is 20.8. The van der Waals surface area contributed by atoms with E-state index < -0.39 is 5.82 Å². The molecule has 0 bridgehead atoms. The van der Waals surface area contributed by atoms with Crippen LogP contribution in [0.15, 0.2) is 49.1 Å². The summed E-state index contributed by atoms with van der Waals surface area (Å²) in [5, 5.41) is 0. The zero-order valence-electron chi connectivity index (χ0n) is 25.4. The van der Waals surface area contributed by atoms with Gasteiger partial charge in [0.25, 0.3) is 0 Å². The molecule has 0 atom stereocenters. The molecule has 0 amide bonds. The molecule has 2 saturated carbocycles. The Labute approximate surface area is 247 Å². The third-order valence-electron chi connectivity index (χ3n) is 9.76. The average molecular weight is 567 g/mol. The first-order chi connectivity index (χ1) is 20.0. The number of benzene rings is 2. The number of hydrogen-bond acceptors (Lipinski definition) is 2. The first kappa shape index (κ1) is 31.9. The van der Waals surface area contributed by atoms with Crippen LogP contribution in [0.25, 0.3) is 0 Å². The predicted molar refractivity (Wildman–Crippen MR) is 165 cm³/mol. The Bertz CT molecular complexity index is 1030. The quantitative estimate of drug-likeness (QED) is 0.0871. The Balaban J connectivity index is 1.09. The van der Waals surface area contributed by atoms with Gasteiger partial charge in [-0.3, -0.25) is 0 Å². The average Bonchev–Trinajstić information content (AvgIpc) is 2.99. The number of hydrogen-bond donors (Lipinski definition) is 0. The van der Waals surface area contributed by atoms with Gasteiger partial charge in [-0.25, -0.2) is 18.6 Å². The first-order valence-electron chi connectivity index (χ1n) is 16.4. The van der Waals surface area contributed by atoms with Crippen LogP contribution in [0.4, 0.5) is 8.78 Å². The van der Waals surface area contributed by atoms with Gasteiger partial charge >= 0.3 is 0 Å². The lowest BCUT2D eigenvalue weighted by Gasteiger charge is -2.30. The number of halogens is 2. The van der Waals surface area contributed by atoms with Gasteiger partial charge in [-0.1, -0.05) is 68.0 Å². The summed E-state index contributed by atoms with van der Waals surface area (Å²) in [6, 6.07) is 11.9. The molecule has 2 aromatic rings. The van der Waals surface area contributed by atoms with Crippen molar-refractivity contribution in [2.75, 3.05) is 6.61 Å². The van der Waals surface area contributed by atoms with Crippen molar-refractivity contribution in [2.45, 2.75) is 128 Å². The summed E-state index contributed by atoms with van der Waals surface area (Å²) in [7, 11) is 0. The third kappa shape index (κ3) is 10.3. The summed E-state index contributed by atoms with van der Waals surface area (Å²) >= 11 is 0. The van der Waals surface area contributed by atoms with E-state index in [9.17, 15) is 8.78 Å². The predicted octanol–water partition coefficient (Wildman–Crippen LogP) is 11.3. The summed E-state index contributed by atoms with van der Waals surface area (Å²) in [5.74, 6) is 1.80. The van der Waals surface area contributed by atoms with Crippen molar-refractivity contribution >= 4 is 0 Å². The minimum atomic E-state index is -0.397. The summed E-state index contributed by atoms with van der Waals surface area (Å²) < 4.78 is 29.7. The Morgan fingerprint density at radius 2 is 1.37 bits per heavy atom. The molecule has 2 nitrogen and oxygen atoms in total. The third-order valence-corrected chi connectivity index (χ3v) is 9.76. The monoisotopic (exact) mass is 566 g/mol. The highest BCUT2D eigenvalue weighted by Crippen LogP contribution is 2.40. The zero-order chi connectivity index (χ0) is 28.9. The summed E-state index contributed by atoms with van der Waals surface area (Å²) in [5.41, 5.74) is 3.63. The van der Waals surface area contributed by atoms with E-state index in [0.29, 0.717) is 12.2 Å². The summed E-state index contributed by atoms with van der Waals surface area (Å²) in [4.78, 5) is 10.3. The van der Waals surface area contributed by atoms with E-state index >= 15 is 0 Å². The van der Waals surface area contributed by atoms with Crippen molar-refractivity contribution in [2.24, 2.45) is 11.8 Å². The minimum Gasteiger partial charge on any atom is -0.236 e. The van der Waals surface area contributed by atoms with E-state index in [1.54, 1.807) is 0 Å². The molecule has 4 heteroatoms. The van der Waals surface area contributed by atoms with Crippen LogP contribution >= 0.6 is 0 Å². The molecule has 4 rings (SSSR count). The maximum Gasteiger partial charge on any atom is 0.129 e. The lowest BCUT2D eigenvalue weighted by molar-refractivity contribution is -0.304. The Morgan fingerprint density at radius 3 is 2.00 bits per heavy atom. The van der Waals surface area contributed by atoms with Gasteiger partial charge in [0.1, 0.15) is 18.2 Å². The van der Waals surface area contributed by atoms with E-state index in [-0.39, 0.29) is 23.9 Å². The fourth-order valence-electron chi connectivity index (χ4n) is 7.07. The maximum absolute atomic E-state index is 15.0. The largest absolute Gasteiger partial charge is 0.236 e. The molecular weight excluding hydrogens is 514 g/mol. The second kappa shape index (κ2) is 17.2. The van der Waals surface area contributed by atoms with Crippen LogP contribution in [-0.4, -0.2) is 6.61 Å². The molecule has 2 fully saturated rings. The van der Waals surface area contributed by atoms with Crippen LogP contribution in [0.2, 0.25) is 0 Å². The molecule has 0 aliphatic heterocycles. The van der Waals surface area contributed by atoms with Gasteiger partial charge in [0.2, 0.25) is 0 Å². The second-order valence-electron chi connectivity index (χ2n) is 12.8. The van der Waals surface area contributed by atoms with Crippen molar-refractivity contribution in [3.8, 4) is 0 Å². The molecule has 0 saturated heterocycles. The van der Waals surface area contributed by atoms with Crippen LogP contribution in [-0.2, 0) is 16.4 Å².